The first-order valence-electron chi connectivity index (χ1n) is 9.84. The molecule has 2 rings (SSSR count). The molecule has 0 radical (unpaired) electrons. The lowest BCUT2D eigenvalue weighted by atomic mass is 9.95. The molecule has 0 aromatic heterocycles. The van der Waals surface area contributed by atoms with Crippen LogP contribution in [-0.4, -0.2) is 60.2 Å². The molecule has 27 heavy (non-hydrogen) atoms. The van der Waals surface area contributed by atoms with Gasteiger partial charge in [0, 0.05) is 50.6 Å². The fourth-order valence-electron chi connectivity index (χ4n) is 3.58. The Balaban J connectivity index is 2.04. The van der Waals surface area contributed by atoms with Crippen LogP contribution in [0, 0.1) is 5.92 Å². The predicted octanol–water partition coefficient (Wildman–Crippen LogP) is 2.30. The summed E-state index contributed by atoms with van der Waals surface area (Å²) < 4.78 is 0. The second-order valence-corrected chi connectivity index (χ2v) is 7.15. The van der Waals surface area contributed by atoms with E-state index in [4.69, 9.17) is 0 Å². The van der Waals surface area contributed by atoms with Crippen LogP contribution in [0.2, 0.25) is 0 Å². The minimum Gasteiger partial charge on any atom is -0.348 e. The molecule has 0 spiro atoms. The van der Waals surface area contributed by atoms with Gasteiger partial charge in [-0.05, 0) is 38.8 Å². The summed E-state index contributed by atoms with van der Waals surface area (Å²) in [5.74, 6) is -0.380. The van der Waals surface area contributed by atoms with Gasteiger partial charge in [-0.1, -0.05) is 24.6 Å². The number of rotatable bonds is 5. The maximum atomic E-state index is 12.7. The number of carbonyl (C=O) groups is 3. The summed E-state index contributed by atoms with van der Waals surface area (Å²) in [4.78, 5) is 41.2. The van der Waals surface area contributed by atoms with Crippen molar-refractivity contribution in [1.82, 2.24) is 15.1 Å². The van der Waals surface area contributed by atoms with Gasteiger partial charge in [-0.2, -0.15) is 0 Å². The highest BCUT2D eigenvalue weighted by molar-refractivity contribution is 5.94. The maximum absolute atomic E-state index is 12.7. The SMILES string of the molecule is CCN(CC)C(=O)C1CCCC(NC(=O)c2ccccc2)CN(C)C(=O)C1. The molecule has 1 heterocycles. The standard InChI is InChI=1S/C21H31N3O3/c1-4-24(5-2)21(27)17-12-9-13-18(15-23(3)19(25)14-17)22-20(26)16-10-7-6-8-11-16/h6-8,10-11,17-18H,4-5,9,12-15H2,1-3H3,(H,22,26). The summed E-state index contributed by atoms with van der Waals surface area (Å²) in [7, 11) is 1.74. The predicted molar refractivity (Wildman–Crippen MR) is 105 cm³/mol. The van der Waals surface area contributed by atoms with Crippen molar-refractivity contribution in [3.63, 3.8) is 0 Å². The van der Waals surface area contributed by atoms with Gasteiger partial charge in [-0.15, -0.1) is 0 Å². The van der Waals surface area contributed by atoms with Gasteiger partial charge in [-0.25, -0.2) is 0 Å². The summed E-state index contributed by atoms with van der Waals surface area (Å²) >= 11 is 0. The number of hydrogen-bond donors (Lipinski definition) is 1. The van der Waals surface area contributed by atoms with Crippen LogP contribution in [0.15, 0.2) is 30.3 Å². The van der Waals surface area contributed by atoms with Crippen molar-refractivity contribution in [3.8, 4) is 0 Å². The van der Waals surface area contributed by atoms with E-state index in [0.29, 0.717) is 31.6 Å². The molecule has 2 atom stereocenters. The Morgan fingerprint density at radius 3 is 2.44 bits per heavy atom. The highest BCUT2D eigenvalue weighted by Crippen LogP contribution is 2.21. The van der Waals surface area contributed by atoms with E-state index in [1.807, 2.05) is 32.0 Å². The van der Waals surface area contributed by atoms with Gasteiger partial charge in [0.2, 0.25) is 11.8 Å². The van der Waals surface area contributed by atoms with E-state index in [1.165, 1.54) is 0 Å². The molecule has 0 bridgehead atoms. The third kappa shape index (κ3) is 5.81. The Morgan fingerprint density at radius 2 is 1.81 bits per heavy atom. The molecule has 6 nitrogen and oxygen atoms in total. The molecule has 1 saturated heterocycles. The zero-order valence-electron chi connectivity index (χ0n) is 16.6. The molecule has 148 valence electrons. The van der Waals surface area contributed by atoms with Crippen molar-refractivity contribution in [2.24, 2.45) is 5.92 Å². The molecule has 6 heteroatoms. The van der Waals surface area contributed by atoms with E-state index in [1.54, 1.807) is 29.0 Å². The third-order valence-corrected chi connectivity index (χ3v) is 5.24. The fourth-order valence-corrected chi connectivity index (χ4v) is 3.58. The van der Waals surface area contributed by atoms with E-state index < -0.39 is 0 Å². The summed E-state index contributed by atoms with van der Waals surface area (Å²) in [6.45, 7) is 5.69. The third-order valence-electron chi connectivity index (χ3n) is 5.24. The highest BCUT2D eigenvalue weighted by Gasteiger charge is 2.29. The largest absolute Gasteiger partial charge is 0.348 e. The van der Waals surface area contributed by atoms with E-state index in [2.05, 4.69) is 5.32 Å². The van der Waals surface area contributed by atoms with Gasteiger partial charge in [0.15, 0.2) is 0 Å². The number of carbonyl (C=O) groups excluding carboxylic acids is 3. The first-order chi connectivity index (χ1) is 13.0. The monoisotopic (exact) mass is 373 g/mol. The minimum atomic E-state index is -0.275. The van der Waals surface area contributed by atoms with Crippen LogP contribution in [-0.2, 0) is 9.59 Å². The molecule has 3 amide bonds. The first kappa shape index (κ1) is 20.9. The van der Waals surface area contributed by atoms with Gasteiger partial charge in [0.05, 0.1) is 0 Å². The Hall–Kier alpha value is -2.37. The summed E-state index contributed by atoms with van der Waals surface area (Å²) in [5, 5.41) is 3.04. The van der Waals surface area contributed by atoms with Crippen molar-refractivity contribution in [3.05, 3.63) is 35.9 Å². The number of nitrogens with zero attached hydrogens (tertiary/aromatic N) is 2. The molecule has 0 saturated carbocycles. The average Bonchev–Trinajstić information content (AvgIpc) is 2.74. The maximum Gasteiger partial charge on any atom is 0.251 e. The average molecular weight is 373 g/mol. The van der Waals surface area contributed by atoms with Crippen LogP contribution in [0.5, 0.6) is 0 Å². The molecular formula is C21H31N3O3. The summed E-state index contributed by atoms with van der Waals surface area (Å²) in [6, 6.07) is 8.97. The lowest BCUT2D eigenvalue weighted by Crippen LogP contribution is -2.44. The highest BCUT2D eigenvalue weighted by atomic mass is 16.2. The molecule has 1 aliphatic heterocycles. The van der Waals surface area contributed by atoms with Gasteiger partial charge in [0.25, 0.3) is 5.91 Å². The molecule has 1 aliphatic rings. The molecule has 1 N–H and O–H groups in total. The van der Waals surface area contributed by atoms with Crippen LogP contribution in [0.1, 0.15) is 49.9 Å². The van der Waals surface area contributed by atoms with E-state index in [0.717, 1.165) is 12.8 Å². The lowest BCUT2D eigenvalue weighted by Gasteiger charge is -2.26. The first-order valence-corrected chi connectivity index (χ1v) is 9.84. The second-order valence-electron chi connectivity index (χ2n) is 7.15. The van der Waals surface area contributed by atoms with E-state index >= 15 is 0 Å². The number of amides is 3. The van der Waals surface area contributed by atoms with Crippen LogP contribution < -0.4 is 5.32 Å². The Kier molecular flexibility index (Phi) is 7.82. The van der Waals surface area contributed by atoms with Crippen molar-refractivity contribution in [1.29, 1.82) is 0 Å². The Bertz CT molecular complexity index is 643. The normalized spacial score (nSPS) is 21.0. The smallest absolute Gasteiger partial charge is 0.251 e. The van der Waals surface area contributed by atoms with Gasteiger partial charge < -0.3 is 15.1 Å². The van der Waals surface area contributed by atoms with Gasteiger partial charge in [-0.3, -0.25) is 14.4 Å². The zero-order chi connectivity index (χ0) is 19.8. The summed E-state index contributed by atoms with van der Waals surface area (Å²) in [6.07, 6.45) is 2.47. The number of likely N-dealkylation sites (N-methyl/N-ethyl adjacent to an activating group) is 1. The van der Waals surface area contributed by atoms with Crippen LogP contribution in [0.3, 0.4) is 0 Å². The molecular weight excluding hydrogens is 342 g/mol. The van der Waals surface area contributed by atoms with Crippen molar-refractivity contribution in [2.75, 3.05) is 26.7 Å². The number of benzene rings is 1. The topological polar surface area (TPSA) is 69.7 Å². The van der Waals surface area contributed by atoms with Crippen LogP contribution in [0.25, 0.3) is 0 Å². The zero-order valence-corrected chi connectivity index (χ0v) is 16.6. The number of nitrogens with one attached hydrogen (secondary N) is 1. The fraction of sp³-hybridized carbons (Fsp3) is 0.571. The van der Waals surface area contributed by atoms with Crippen molar-refractivity contribution >= 4 is 17.7 Å². The van der Waals surface area contributed by atoms with Crippen LogP contribution in [0.4, 0.5) is 0 Å². The van der Waals surface area contributed by atoms with Crippen molar-refractivity contribution in [2.45, 2.75) is 45.6 Å². The van der Waals surface area contributed by atoms with Crippen LogP contribution >= 0.6 is 0 Å². The van der Waals surface area contributed by atoms with Gasteiger partial charge in [0.1, 0.15) is 0 Å². The second kappa shape index (κ2) is 10.1. The van der Waals surface area contributed by atoms with E-state index in [-0.39, 0.29) is 36.1 Å². The molecule has 1 aromatic rings. The Labute approximate surface area is 161 Å². The molecule has 2 unspecified atom stereocenters. The Morgan fingerprint density at radius 1 is 1.15 bits per heavy atom. The molecule has 1 fully saturated rings. The van der Waals surface area contributed by atoms with Crippen molar-refractivity contribution < 1.29 is 14.4 Å². The van der Waals surface area contributed by atoms with Gasteiger partial charge >= 0.3 is 0 Å². The lowest BCUT2D eigenvalue weighted by molar-refractivity contribution is -0.140. The summed E-state index contributed by atoms with van der Waals surface area (Å²) in [5.41, 5.74) is 0.612. The molecule has 0 aliphatic carbocycles. The number of hydrogen-bond acceptors (Lipinski definition) is 3. The molecule has 1 aromatic carbocycles. The quantitative estimate of drug-likeness (QED) is 0.861. The van der Waals surface area contributed by atoms with E-state index in [9.17, 15) is 14.4 Å². The minimum absolute atomic E-state index is 0.0404.